The van der Waals surface area contributed by atoms with Gasteiger partial charge in [-0.05, 0) is 36.5 Å². The molecule has 1 aliphatic carbocycles. The van der Waals surface area contributed by atoms with Crippen molar-refractivity contribution in [2.45, 2.75) is 57.6 Å². The minimum Gasteiger partial charge on any atom is -0.479 e. The van der Waals surface area contributed by atoms with E-state index in [0.29, 0.717) is 23.5 Å². The van der Waals surface area contributed by atoms with E-state index in [0.717, 1.165) is 18.4 Å². The summed E-state index contributed by atoms with van der Waals surface area (Å²) in [6, 6.07) is 0. The number of carboxylic acid groups (broad SMARTS) is 1. The van der Waals surface area contributed by atoms with Gasteiger partial charge in [-0.2, -0.15) is 4.98 Å². The second-order valence-electron chi connectivity index (χ2n) is 7.80. The molecule has 3 rings (SSSR count). The van der Waals surface area contributed by atoms with E-state index in [2.05, 4.69) is 25.8 Å². The average Bonchev–Trinajstić information content (AvgIpc) is 3.04. The molecule has 0 amide bonds. The number of hydrogen-bond donors (Lipinski definition) is 2. The van der Waals surface area contributed by atoms with Crippen molar-refractivity contribution in [3.05, 3.63) is 22.2 Å². The zero-order chi connectivity index (χ0) is 19.0. The molecule has 0 aromatic carbocycles. The molecule has 1 saturated carbocycles. The molecule has 1 saturated heterocycles. The predicted molar refractivity (Wildman–Crippen MR) is 101 cm³/mol. The minimum atomic E-state index is -1.03. The van der Waals surface area contributed by atoms with Crippen LogP contribution in [0, 0.1) is 17.8 Å². The van der Waals surface area contributed by atoms with Crippen LogP contribution in [0.2, 0.25) is 0 Å². The van der Waals surface area contributed by atoms with Crippen LogP contribution in [0.25, 0.3) is 0 Å². The number of nitrogen functional groups attached to an aromatic ring is 1. The maximum Gasteiger partial charge on any atom is 0.351 e. The molecule has 0 radical (unpaired) electrons. The van der Waals surface area contributed by atoms with Crippen molar-refractivity contribution >= 4 is 23.5 Å². The van der Waals surface area contributed by atoms with Crippen molar-refractivity contribution in [1.29, 1.82) is 0 Å². The number of aromatic nitrogens is 2. The molecule has 2 unspecified atom stereocenters. The van der Waals surface area contributed by atoms with Gasteiger partial charge in [-0.15, -0.1) is 11.8 Å². The monoisotopic (exact) mass is 381 g/mol. The Morgan fingerprint density at radius 2 is 2.19 bits per heavy atom. The van der Waals surface area contributed by atoms with Gasteiger partial charge in [0.05, 0.1) is 0 Å². The highest BCUT2D eigenvalue weighted by atomic mass is 32.2. The lowest BCUT2D eigenvalue weighted by Crippen LogP contribution is -2.33. The summed E-state index contributed by atoms with van der Waals surface area (Å²) in [6.45, 7) is 6.69. The lowest BCUT2D eigenvalue weighted by molar-refractivity contribution is -0.147. The van der Waals surface area contributed by atoms with Gasteiger partial charge >= 0.3 is 11.7 Å². The van der Waals surface area contributed by atoms with Crippen LogP contribution in [0.15, 0.2) is 11.0 Å². The largest absolute Gasteiger partial charge is 0.479 e. The number of aliphatic carboxylic acids is 1. The summed E-state index contributed by atoms with van der Waals surface area (Å²) >= 11 is 1.17. The smallest absolute Gasteiger partial charge is 0.351 e. The van der Waals surface area contributed by atoms with Crippen LogP contribution < -0.4 is 11.4 Å². The van der Waals surface area contributed by atoms with Gasteiger partial charge in [0.25, 0.3) is 0 Å². The van der Waals surface area contributed by atoms with Crippen LogP contribution in [0.1, 0.15) is 57.7 Å². The summed E-state index contributed by atoms with van der Waals surface area (Å²) in [5.41, 5.74) is 5.58. The molecule has 2 fully saturated rings. The summed E-state index contributed by atoms with van der Waals surface area (Å²) in [6.07, 6.45) is 4.50. The normalized spacial score (nSPS) is 32.1. The van der Waals surface area contributed by atoms with E-state index in [1.165, 1.54) is 22.7 Å². The maximum absolute atomic E-state index is 12.4. The van der Waals surface area contributed by atoms with Crippen molar-refractivity contribution in [3.8, 4) is 0 Å². The predicted octanol–water partition coefficient (Wildman–Crippen LogP) is 2.67. The first-order chi connectivity index (χ1) is 12.3. The fraction of sp³-hybridized carbons (Fsp3) is 0.722. The average molecular weight is 381 g/mol. The lowest BCUT2D eigenvalue weighted by Gasteiger charge is -2.38. The number of nitrogens with two attached hydrogens (primary N) is 1. The third-order valence-electron chi connectivity index (χ3n) is 5.62. The van der Waals surface area contributed by atoms with Crippen LogP contribution in [0.3, 0.4) is 0 Å². The third kappa shape index (κ3) is 3.76. The highest BCUT2D eigenvalue weighted by molar-refractivity contribution is 8.00. The van der Waals surface area contributed by atoms with Crippen LogP contribution in [-0.2, 0) is 9.53 Å². The van der Waals surface area contributed by atoms with Gasteiger partial charge in [0, 0.05) is 17.5 Å². The van der Waals surface area contributed by atoms with Gasteiger partial charge in [0.1, 0.15) is 12.0 Å². The Hall–Kier alpha value is -1.54. The molecule has 0 spiro atoms. The number of carboxylic acids is 1. The molecule has 2 heterocycles. The van der Waals surface area contributed by atoms with E-state index < -0.39 is 23.3 Å². The highest BCUT2D eigenvalue weighted by Crippen LogP contribution is 2.45. The fourth-order valence-corrected chi connectivity index (χ4v) is 5.14. The third-order valence-corrected chi connectivity index (χ3v) is 6.71. The minimum absolute atomic E-state index is 0.252. The van der Waals surface area contributed by atoms with Gasteiger partial charge in [-0.1, -0.05) is 27.2 Å². The summed E-state index contributed by atoms with van der Waals surface area (Å²) in [5.74, 6) is 1.52. The van der Waals surface area contributed by atoms with Crippen molar-refractivity contribution < 1.29 is 14.6 Å². The number of carbonyl (C=O) groups is 1. The Kier molecular flexibility index (Phi) is 5.62. The molecule has 0 bridgehead atoms. The fourth-order valence-electron chi connectivity index (χ4n) is 4.21. The van der Waals surface area contributed by atoms with E-state index in [1.807, 2.05) is 0 Å². The molecule has 8 heteroatoms. The van der Waals surface area contributed by atoms with Crippen LogP contribution in [-0.4, -0.2) is 31.8 Å². The van der Waals surface area contributed by atoms with Crippen molar-refractivity contribution in [2.75, 3.05) is 11.5 Å². The number of thioether (sulfide) groups is 1. The first-order valence-corrected chi connectivity index (χ1v) is 10.2. The van der Waals surface area contributed by atoms with E-state index in [9.17, 15) is 9.59 Å². The Labute approximate surface area is 157 Å². The first kappa shape index (κ1) is 19.2. The first-order valence-electron chi connectivity index (χ1n) is 9.16. The second-order valence-corrected chi connectivity index (χ2v) is 8.89. The molecule has 1 aromatic heterocycles. The van der Waals surface area contributed by atoms with Crippen LogP contribution in [0.4, 0.5) is 5.82 Å². The topological polar surface area (TPSA) is 107 Å². The summed E-state index contributed by atoms with van der Waals surface area (Å²) in [5, 5.41) is 9.11. The molecular weight excluding hydrogens is 354 g/mol. The van der Waals surface area contributed by atoms with E-state index >= 15 is 0 Å². The molecule has 1 aliphatic heterocycles. The molecule has 26 heavy (non-hydrogen) atoms. The van der Waals surface area contributed by atoms with Crippen LogP contribution in [0.5, 0.6) is 0 Å². The zero-order valence-electron chi connectivity index (χ0n) is 15.4. The maximum atomic E-state index is 12.4. The molecule has 5 atom stereocenters. The number of anilines is 1. The quantitative estimate of drug-likeness (QED) is 0.825. The summed E-state index contributed by atoms with van der Waals surface area (Å²) in [7, 11) is 0. The van der Waals surface area contributed by atoms with E-state index in [-0.39, 0.29) is 11.7 Å². The molecule has 7 nitrogen and oxygen atoms in total. The Bertz CT molecular complexity index is 736. The van der Waals surface area contributed by atoms with Gasteiger partial charge in [-0.3, -0.25) is 4.57 Å². The van der Waals surface area contributed by atoms with E-state index in [4.69, 9.17) is 15.6 Å². The zero-order valence-corrected chi connectivity index (χ0v) is 16.2. The molecule has 3 N–H and O–H groups in total. The summed E-state index contributed by atoms with van der Waals surface area (Å²) in [4.78, 5) is 27.5. The SMILES string of the molecule is CC(C)C1CC[C@H](C)CC1c1cn([C@@H]2CS[C@@H](C(=O)O)O2)c(=O)nc1N. The number of nitrogens with zero attached hydrogens (tertiary/aromatic N) is 2. The number of rotatable bonds is 4. The standard InChI is InChI=1S/C18H27N3O4S/c1-9(2)11-5-4-10(3)6-12(11)13-7-21(18(24)20-15(13)19)14-8-26-17(25-14)16(22)23/h7,9-12,14,17H,4-6,8H2,1-3H3,(H,22,23)(H2,19,20,24)/t10-,11?,12?,14-,17-/m0/s1. The number of hydrogen-bond acceptors (Lipinski definition) is 6. The second kappa shape index (κ2) is 7.60. The molecule has 144 valence electrons. The Balaban J connectivity index is 1.95. The van der Waals surface area contributed by atoms with E-state index in [1.54, 1.807) is 6.20 Å². The molecule has 1 aromatic rings. The van der Waals surface area contributed by atoms with Gasteiger partial charge in [-0.25, -0.2) is 9.59 Å². The Morgan fingerprint density at radius 1 is 1.46 bits per heavy atom. The van der Waals surface area contributed by atoms with Crippen molar-refractivity contribution in [1.82, 2.24) is 9.55 Å². The van der Waals surface area contributed by atoms with Gasteiger partial charge < -0.3 is 15.6 Å². The van der Waals surface area contributed by atoms with Gasteiger partial charge in [0.15, 0.2) is 0 Å². The highest BCUT2D eigenvalue weighted by Gasteiger charge is 2.36. The van der Waals surface area contributed by atoms with Crippen molar-refractivity contribution in [3.63, 3.8) is 0 Å². The van der Waals surface area contributed by atoms with Gasteiger partial charge in [0.2, 0.25) is 5.44 Å². The summed E-state index contributed by atoms with van der Waals surface area (Å²) < 4.78 is 6.93. The molecule has 2 aliphatic rings. The number of ether oxygens (including phenoxy) is 1. The van der Waals surface area contributed by atoms with Crippen LogP contribution >= 0.6 is 11.8 Å². The lowest BCUT2D eigenvalue weighted by atomic mass is 9.68. The Morgan fingerprint density at radius 3 is 2.81 bits per heavy atom. The van der Waals surface area contributed by atoms with Crippen molar-refractivity contribution in [2.24, 2.45) is 17.8 Å². The molecular formula is C18H27N3O4S.